The summed E-state index contributed by atoms with van der Waals surface area (Å²) in [7, 11) is 4.93. The van der Waals surface area contributed by atoms with Gasteiger partial charge in [0.15, 0.2) is 11.6 Å². The molecule has 2 aromatic heterocycles. The predicted octanol–water partition coefficient (Wildman–Crippen LogP) is 6.96. The quantitative estimate of drug-likeness (QED) is 0.153. The lowest BCUT2D eigenvalue weighted by Crippen LogP contribution is -2.03. The van der Waals surface area contributed by atoms with E-state index >= 15 is 0 Å². The molecule has 0 aliphatic rings. The van der Waals surface area contributed by atoms with Gasteiger partial charge in [-0.05, 0) is 85.4 Å². The van der Waals surface area contributed by atoms with Crippen LogP contribution in [0.3, 0.4) is 0 Å². The Morgan fingerprint density at radius 2 is 0.851 bits per heavy atom. The molecule has 0 aliphatic heterocycles. The van der Waals surface area contributed by atoms with Crippen molar-refractivity contribution in [2.24, 2.45) is 0 Å². The third kappa shape index (κ3) is 6.53. The molecule has 7 rings (SSSR count). The molecule has 234 valence electrons. The van der Waals surface area contributed by atoms with Gasteiger partial charge in [-0.2, -0.15) is 9.36 Å². The minimum absolute atomic E-state index is 0.626. The molecule has 0 saturated carbocycles. The minimum Gasteiger partial charge on any atom is -0.496 e. The number of halogens is 1. The fourth-order valence-electron chi connectivity index (χ4n) is 5.07. The van der Waals surface area contributed by atoms with Gasteiger partial charge in [-0.3, -0.25) is 0 Å². The van der Waals surface area contributed by atoms with E-state index in [4.69, 9.17) is 14.2 Å². The van der Waals surface area contributed by atoms with Crippen LogP contribution in [0.5, 0.6) is 17.2 Å². The molecule has 12 heteroatoms. The molecule has 11 nitrogen and oxygen atoms in total. The first-order chi connectivity index (χ1) is 23.1. The monoisotopic (exact) mass is 736 g/mol. The Bertz CT molecular complexity index is 2110. The van der Waals surface area contributed by atoms with Crippen LogP contribution in [0.4, 0.5) is 0 Å². The fourth-order valence-corrected chi connectivity index (χ4v) is 5.70. The van der Waals surface area contributed by atoms with Crippen LogP contribution in [0.2, 0.25) is 0 Å². The summed E-state index contributed by atoms with van der Waals surface area (Å²) in [5.74, 6) is 3.54. The Labute approximate surface area is 284 Å². The van der Waals surface area contributed by atoms with Crippen molar-refractivity contribution in [3.63, 3.8) is 0 Å². The van der Waals surface area contributed by atoms with Crippen LogP contribution in [0.15, 0.2) is 121 Å². The Kier molecular flexibility index (Phi) is 9.77. The van der Waals surface area contributed by atoms with Gasteiger partial charge >= 0.3 is 0 Å². The highest BCUT2D eigenvalue weighted by Gasteiger charge is 2.19. The highest BCUT2D eigenvalue weighted by Crippen LogP contribution is 2.37. The highest BCUT2D eigenvalue weighted by molar-refractivity contribution is 14.1. The predicted molar refractivity (Wildman–Crippen MR) is 187 cm³/mol. The SMILES string of the molecule is COc1ccccc1-c1ccccc1-c1nnnn1-c1ccccc1OC.COc1ccccc1-n1nnnc1-c1ccccc1I. The van der Waals surface area contributed by atoms with E-state index in [2.05, 4.69) is 53.6 Å². The van der Waals surface area contributed by atoms with Gasteiger partial charge in [0.25, 0.3) is 0 Å². The normalized spacial score (nSPS) is 10.6. The third-order valence-electron chi connectivity index (χ3n) is 7.25. The van der Waals surface area contributed by atoms with Crippen molar-refractivity contribution in [3.05, 3.63) is 125 Å². The maximum Gasteiger partial charge on any atom is 0.188 e. The Morgan fingerprint density at radius 1 is 0.447 bits per heavy atom. The maximum atomic E-state index is 5.55. The number of benzene rings is 5. The smallest absolute Gasteiger partial charge is 0.188 e. The van der Waals surface area contributed by atoms with Crippen LogP contribution >= 0.6 is 22.6 Å². The summed E-state index contributed by atoms with van der Waals surface area (Å²) in [6, 6.07) is 39.2. The largest absolute Gasteiger partial charge is 0.496 e. The summed E-state index contributed by atoms with van der Waals surface area (Å²) in [6.07, 6.45) is 0. The van der Waals surface area contributed by atoms with E-state index in [1.54, 1.807) is 30.7 Å². The van der Waals surface area contributed by atoms with E-state index < -0.39 is 0 Å². The summed E-state index contributed by atoms with van der Waals surface area (Å²) in [6.45, 7) is 0. The van der Waals surface area contributed by atoms with Crippen LogP contribution in [0.1, 0.15) is 0 Å². The molecule has 0 amide bonds. The molecule has 0 unspecified atom stereocenters. The molecule has 5 aromatic carbocycles. The van der Waals surface area contributed by atoms with Crippen molar-refractivity contribution >= 4 is 22.6 Å². The van der Waals surface area contributed by atoms with Gasteiger partial charge in [-0.15, -0.1) is 10.2 Å². The number of methoxy groups -OCH3 is 3. The lowest BCUT2D eigenvalue weighted by molar-refractivity contribution is 0.411. The number of nitrogens with zero attached hydrogens (tertiary/aromatic N) is 8. The molecular formula is C35H29IN8O3. The second-order valence-corrected chi connectivity index (χ2v) is 11.1. The molecule has 7 aromatic rings. The first kappa shape index (κ1) is 31.4. The third-order valence-corrected chi connectivity index (χ3v) is 8.19. The van der Waals surface area contributed by atoms with Gasteiger partial charge < -0.3 is 14.2 Å². The van der Waals surface area contributed by atoms with E-state index in [-0.39, 0.29) is 0 Å². The number of tetrazole rings is 2. The molecule has 0 bridgehead atoms. The molecule has 0 fully saturated rings. The molecule has 0 saturated heterocycles. The van der Waals surface area contributed by atoms with E-state index in [0.29, 0.717) is 17.4 Å². The first-order valence-corrected chi connectivity index (χ1v) is 15.5. The van der Waals surface area contributed by atoms with E-state index in [1.807, 2.05) is 121 Å². The average molecular weight is 737 g/mol. The molecule has 0 atom stereocenters. The van der Waals surface area contributed by atoms with Gasteiger partial charge in [0.05, 0.1) is 21.3 Å². The topological polar surface area (TPSA) is 115 Å². The zero-order chi connectivity index (χ0) is 32.6. The van der Waals surface area contributed by atoms with Gasteiger partial charge in [-0.25, -0.2) is 0 Å². The molecule has 0 aliphatic carbocycles. The fraction of sp³-hybridized carbons (Fsp3) is 0.0857. The maximum absolute atomic E-state index is 5.55. The highest BCUT2D eigenvalue weighted by atomic mass is 127. The van der Waals surface area contributed by atoms with Crippen LogP contribution < -0.4 is 14.2 Å². The van der Waals surface area contributed by atoms with Gasteiger partial charge in [-0.1, -0.05) is 84.9 Å². The number of ether oxygens (including phenoxy) is 3. The number of para-hydroxylation sites is 5. The summed E-state index contributed by atoms with van der Waals surface area (Å²) in [5.41, 5.74) is 5.44. The molecule has 47 heavy (non-hydrogen) atoms. The van der Waals surface area contributed by atoms with Crippen molar-refractivity contribution in [1.29, 1.82) is 0 Å². The van der Waals surface area contributed by atoms with Crippen LogP contribution in [-0.4, -0.2) is 61.7 Å². The summed E-state index contributed by atoms with van der Waals surface area (Å²) >= 11 is 2.28. The Morgan fingerprint density at radius 3 is 1.38 bits per heavy atom. The average Bonchev–Trinajstić information content (AvgIpc) is 3.83. The second-order valence-electron chi connectivity index (χ2n) is 9.90. The molecule has 2 heterocycles. The van der Waals surface area contributed by atoms with Gasteiger partial charge in [0.1, 0.15) is 28.6 Å². The van der Waals surface area contributed by atoms with Crippen LogP contribution in [0, 0.1) is 3.57 Å². The lowest BCUT2D eigenvalue weighted by Gasteiger charge is -2.14. The van der Waals surface area contributed by atoms with Crippen LogP contribution in [-0.2, 0) is 0 Å². The first-order valence-electron chi connectivity index (χ1n) is 14.5. The number of rotatable bonds is 8. The molecule has 0 spiro atoms. The second kappa shape index (κ2) is 14.6. The lowest BCUT2D eigenvalue weighted by atomic mass is 9.98. The van der Waals surface area contributed by atoms with Crippen molar-refractivity contribution < 1.29 is 14.2 Å². The number of hydrogen-bond donors (Lipinski definition) is 0. The van der Waals surface area contributed by atoms with Gasteiger partial charge in [0, 0.05) is 20.3 Å². The van der Waals surface area contributed by atoms with Crippen molar-refractivity contribution in [3.8, 4) is 62.5 Å². The summed E-state index contributed by atoms with van der Waals surface area (Å²) in [4.78, 5) is 0. The van der Waals surface area contributed by atoms with Crippen molar-refractivity contribution in [2.45, 2.75) is 0 Å². The summed E-state index contributed by atoms with van der Waals surface area (Å²) in [5, 5.41) is 24.4. The van der Waals surface area contributed by atoms with Crippen molar-refractivity contribution in [2.75, 3.05) is 21.3 Å². The van der Waals surface area contributed by atoms with E-state index in [1.165, 1.54) is 0 Å². The standard InChI is InChI=1S/C21H18N4O2.C14H11IN4O/c1-26-19-13-7-5-10-16(19)15-9-3-4-11-17(15)21-22-23-24-25(21)18-12-6-8-14-20(18)27-2;1-20-13-9-5-4-8-12(13)19-14(16-17-18-19)10-6-2-3-7-11(10)15/h3-14H,1-2H3;2-9H,1H3. The number of hydrogen-bond acceptors (Lipinski definition) is 9. The van der Waals surface area contributed by atoms with E-state index in [9.17, 15) is 0 Å². The zero-order valence-corrected chi connectivity index (χ0v) is 27.9. The Balaban J connectivity index is 0.000000172. The number of aromatic nitrogens is 8. The zero-order valence-electron chi connectivity index (χ0n) is 25.7. The van der Waals surface area contributed by atoms with Crippen molar-refractivity contribution in [1.82, 2.24) is 40.4 Å². The molecule has 0 radical (unpaired) electrons. The molecular weight excluding hydrogens is 707 g/mol. The van der Waals surface area contributed by atoms with Crippen LogP contribution in [0.25, 0.3) is 45.3 Å². The minimum atomic E-state index is 0.626. The summed E-state index contributed by atoms with van der Waals surface area (Å²) < 4.78 is 20.9. The van der Waals surface area contributed by atoms with Gasteiger partial charge in [0.2, 0.25) is 0 Å². The molecule has 0 N–H and O–H groups in total. The van der Waals surface area contributed by atoms with E-state index in [0.717, 1.165) is 48.7 Å². The Hall–Kier alpha value is -5.63.